The maximum absolute atomic E-state index is 12.5. The van der Waals surface area contributed by atoms with E-state index in [9.17, 15) is 9.59 Å². The molecule has 2 amide bonds. The molecule has 0 unspecified atom stereocenters. The Bertz CT molecular complexity index is 957. The minimum atomic E-state index is -0.197. The average molecular weight is 459 g/mol. The Morgan fingerprint density at radius 1 is 0.969 bits per heavy atom. The molecule has 2 aromatic carbocycles. The lowest BCUT2D eigenvalue weighted by atomic mass is 9.74. The van der Waals surface area contributed by atoms with Crippen molar-refractivity contribution in [3.8, 4) is 11.5 Å². The van der Waals surface area contributed by atoms with Crippen molar-refractivity contribution in [1.82, 2.24) is 10.6 Å². The third-order valence-corrected chi connectivity index (χ3v) is 6.28. The minimum absolute atomic E-state index is 0.0302. The molecule has 2 aliphatic heterocycles. The number of rotatable bonds is 8. The monoisotopic (exact) mass is 458 g/mol. The molecule has 2 aliphatic rings. The van der Waals surface area contributed by atoms with Crippen molar-refractivity contribution in [3.63, 3.8) is 0 Å². The first kappa shape index (κ1) is 22.4. The van der Waals surface area contributed by atoms with E-state index < -0.39 is 0 Å². The van der Waals surface area contributed by atoms with Crippen molar-refractivity contribution in [2.75, 3.05) is 33.1 Å². The first-order valence-electron chi connectivity index (χ1n) is 10.8. The number of carbonyl (C=O) groups excluding carboxylic acids is 2. The van der Waals surface area contributed by atoms with Gasteiger partial charge in [-0.2, -0.15) is 0 Å². The molecular weight excluding hydrogens is 432 g/mol. The highest BCUT2D eigenvalue weighted by atomic mass is 35.5. The summed E-state index contributed by atoms with van der Waals surface area (Å²) < 4.78 is 16.5. The quantitative estimate of drug-likeness (QED) is 0.592. The highest BCUT2D eigenvalue weighted by molar-refractivity contribution is 6.30. The van der Waals surface area contributed by atoms with Gasteiger partial charge in [0, 0.05) is 48.7 Å². The summed E-state index contributed by atoms with van der Waals surface area (Å²) in [5, 5.41) is 6.51. The molecule has 8 heteroatoms. The Morgan fingerprint density at radius 3 is 2.50 bits per heavy atom. The highest BCUT2D eigenvalue weighted by Gasteiger charge is 2.36. The van der Waals surface area contributed by atoms with Crippen LogP contribution in [0, 0.1) is 0 Å². The van der Waals surface area contributed by atoms with Crippen LogP contribution < -0.4 is 20.1 Å². The van der Waals surface area contributed by atoms with Crippen LogP contribution in [0.5, 0.6) is 11.5 Å². The van der Waals surface area contributed by atoms with E-state index in [4.69, 9.17) is 25.8 Å². The zero-order valence-corrected chi connectivity index (χ0v) is 18.6. The van der Waals surface area contributed by atoms with E-state index in [2.05, 4.69) is 16.7 Å². The van der Waals surface area contributed by atoms with Crippen LogP contribution in [-0.4, -0.2) is 44.9 Å². The number of ether oxygens (including phenoxy) is 3. The Morgan fingerprint density at radius 2 is 1.72 bits per heavy atom. The zero-order chi connectivity index (χ0) is 22.4. The van der Waals surface area contributed by atoms with Crippen molar-refractivity contribution >= 4 is 23.4 Å². The van der Waals surface area contributed by atoms with Gasteiger partial charge in [0.15, 0.2) is 11.5 Å². The zero-order valence-electron chi connectivity index (χ0n) is 17.8. The maximum atomic E-state index is 12.5. The van der Waals surface area contributed by atoms with Gasteiger partial charge in [-0.3, -0.25) is 9.59 Å². The summed E-state index contributed by atoms with van der Waals surface area (Å²) in [4.78, 5) is 24.6. The maximum Gasteiger partial charge on any atom is 0.251 e. The predicted molar refractivity (Wildman–Crippen MR) is 120 cm³/mol. The molecule has 32 heavy (non-hydrogen) atoms. The van der Waals surface area contributed by atoms with Gasteiger partial charge in [0.25, 0.3) is 5.91 Å². The third-order valence-electron chi connectivity index (χ3n) is 6.03. The molecule has 2 aromatic rings. The Hall–Kier alpha value is -2.77. The summed E-state index contributed by atoms with van der Waals surface area (Å²) in [7, 11) is 0. The van der Waals surface area contributed by atoms with Crippen LogP contribution in [0.1, 0.15) is 41.6 Å². The number of hydrogen-bond donors (Lipinski definition) is 2. The summed E-state index contributed by atoms with van der Waals surface area (Å²) >= 11 is 5.84. The second-order valence-corrected chi connectivity index (χ2v) is 8.54. The molecule has 1 fully saturated rings. The number of amides is 2. The fraction of sp³-hybridized carbons (Fsp3) is 0.417. The SMILES string of the molecule is O=C(CCCNC(=O)c1ccc(Cl)cc1)NCC1(c2ccc3c(c2)OCO3)CCOCC1. The van der Waals surface area contributed by atoms with Crippen LogP contribution in [-0.2, 0) is 14.9 Å². The lowest BCUT2D eigenvalue weighted by Gasteiger charge is -2.38. The number of halogens is 1. The van der Waals surface area contributed by atoms with Gasteiger partial charge in [-0.25, -0.2) is 0 Å². The Balaban J connectivity index is 1.26. The largest absolute Gasteiger partial charge is 0.454 e. The third kappa shape index (κ3) is 5.34. The van der Waals surface area contributed by atoms with E-state index in [1.807, 2.05) is 12.1 Å². The molecule has 0 saturated carbocycles. The summed E-state index contributed by atoms with van der Waals surface area (Å²) in [6, 6.07) is 12.7. The fourth-order valence-corrected chi connectivity index (χ4v) is 4.19. The fourth-order valence-electron chi connectivity index (χ4n) is 4.07. The summed E-state index contributed by atoms with van der Waals surface area (Å²) in [5.41, 5.74) is 1.47. The molecular formula is C24H27ClN2O5. The normalized spacial score (nSPS) is 16.4. The number of nitrogens with one attached hydrogen (secondary N) is 2. The van der Waals surface area contributed by atoms with Crippen LogP contribution in [0.4, 0.5) is 0 Å². The van der Waals surface area contributed by atoms with Gasteiger partial charge in [-0.05, 0) is 61.2 Å². The van der Waals surface area contributed by atoms with Gasteiger partial charge in [-0.1, -0.05) is 17.7 Å². The van der Waals surface area contributed by atoms with Crippen LogP contribution in [0.15, 0.2) is 42.5 Å². The molecule has 1 saturated heterocycles. The van der Waals surface area contributed by atoms with Crippen LogP contribution in [0.25, 0.3) is 0 Å². The van der Waals surface area contributed by atoms with E-state index in [1.54, 1.807) is 24.3 Å². The van der Waals surface area contributed by atoms with Crippen molar-refractivity contribution in [2.45, 2.75) is 31.1 Å². The molecule has 2 N–H and O–H groups in total. The van der Waals surface area contributed by atoms with E-state index in [-0.39, 0.29) is 24.0 Å². The minimum Gasteiger partial charge on any atom is -0.454 e. The second kappa shape index (κ2) is 10.2. The van der Waals surface area contributed by atoms with E-state index in [0.717, 1.165) is 29.9 Å². The van der Waals surface area contributed by atoms with Crippen LogP contribution in [0.2, 0.25) is 5.02 Å². The van der Waals surface area contributed by atoms with Crippen molar-refractivity contribution < 1.29 is 23.8 Å². The smallest absolute Gasteiger partial charge is 0.251 e. The molecule has 0 atom stereocenters. The Kier molecular flexibility index (Phi) is 7.17. The van der Waals surface area contributed by atoms with Gasteiger partial charge < -0.3 is 24.8 Å². The van der Waals surface area contributed by atoms with E-state index in [1.165, 1.54) is 0 Å². The van der Waals surface area contributed by atoms with Gasteiger partial charge in [-0.15, -0.1) is 0 Å². The lowest BCUT2D eigenvalue weighted by Crippen LogP contribution is -2.44. The summed E-state index contributed by atoms with van der Waals surface area (Å²) in [6.45, 7) is 2.50. The summed E-state index contributed by atoms with van der Waals surface area (Å²) in [6.07, 6.45) is 2.55. The first-order chi connectivity index (χ1) is 15.6. The number of benzene rings is 2. The topological polar surface area (TPSA) is 85.9 Å². The van der Waals surface area contributed by atoms with Crippen molar-refractivity contribution in [2.24, 2.45) is 0 Å². The molecule has 170 valence electrons. The summed E-state index contributed by atoms with van der Waals surface area (Å²) in [5.74, 6) is 1.29. The van der Waals surface area contributed by atoms with Crippen LogP contribution >= 0.6 is 11.6 Å². The van der Waals surface area contributed by atoms with Gasteiger partial charge >= 0.3 is 0 Å². The molecule has 4 rings (SSSR count). The predicted octanol–water partition coefficient (Wildman–Crippen LogP) is 3.44. The Labute approximate surface area is 192 Å². The second-order valence-electron chi connectivity index (χ2n) is 8.10. The standard InChI is InChI=1S/C24H27ClN2O5/c25-19-6-3-17(4-7-19)23(29)26-11-1-2-22(28)27-15-24(9-12-30-13-10-24)18-5-8-20-21(14-18)32-16-31-20/h3-8,14H,1-2,9-13,15-16H2,(H,26,29)(H,27,28). The van der Waals surface area contributed by atoms with E-state index in [0.29, 0.717) is 49.7 Å². The molecule has 0 radical (unpaired) electrons. The molecule has 0 spiro atoms. The molecule has 7 nitrogen and oxygen atoms in total. The average Bonchev–Trinajstić information content (AvgIpc) is 3.29. The van der Waals surface area contributed by atoms with Crippen molar-refractivity contribution in [3.05, 3.63) is 58.6 Å². The first-order valence-corrected chi connectivity index (χ1v) is 11.2. The molecule has 0 bridgehead atoms. The van der Waals surface area contributed by atoms with Gasteiger partial charge in [0.1, 0.15) is 0 Å². The molecule has 0 aliphatic carbocycles. The molecule has 2 heterocycles. The lowest BCUT2D eigenvalue weighted by molar-refractivity contribution is -0.121. The number of fused-ring (bicyclic) bond motifs is 1. The van der Waals surface area contributed by atoms with Gasteiger partial charge in [0.2, 0.25) is 12.7 Å². The van der Waals surface area contributed by atoms with E-state index >= 15 is 0 Å². The van der Waals surface area contributed by atoms with Crippen molar-refractivity contribution in [1.29, 1.82) is 0 Å². The molecule has 0 aromatic heterocycles. The van der Waals surface area contributed by atoms with Crippen LogP contribution in [0.3, 0.4) is 0 Å². The number of carbonyl (C=O) groups is 2. The number of hydrogen-bond acceptors (Lipinski definition) is 5. The highest BCUT2D eigenvalue weighted by Crippen LogP contribution is 2.40. The van der Waals surface area contributed by atoms with Gasteiger partial charge in [0.05, 0.1) is 0 Å².